The molecule has 1 saturated heterocycles. The lowest BCUT2D eigenvalue weighted by atomic mass is 10.1. The largest absolute Gasteiger partial charge is 0.480 e. The van der Waals surface area contributed by atoms with Crippen molar-refractivity contribution >= 4 is 74.3 Å². The lowest BCUT2D eigenvalue weighted by Gasteiger charge is -2.22. The topological polar surface area (TPSA) is 90.8 Å². The molecule has 29 heavy (non-hydrogen) atoms. The van der Waals surface area contributed by atoms with Gasteiger partial charge in [-0.3, -0.25) is 24.2 Å². The number of carboxylic acids is 1. The molecule has 2 amide bonds. The molecule has 1 aliphatic rings. The number of carbonyl (C=O) groups excluding carboxylic acids is 2. The predicted octanol–water partition coefficient (Wildman–Crippen LogP) is 3.73. The Morgan fingerprint density at radius 2 is 1.97 bits per heavy atom. The van der Waals surface area contributed by atoms with Gasteiger partial charge in [0.1, 0.15) is 10.9 Å². The second-order valence-electron chi connectivity index (χ2n) is 6.31. The number of hydrogen-bond donors (Lipinski definition) is 1. The van der Waals surface area contributed by atoms with E-state index in [4.69, 9.17) is 17.3 Å². The Labute approximate surface area is 181 Å². The minimum absolute atomic E-state index is 0.170. The van der Waals surface area contributed by atoms with E-state index >= 15 is 0 Å². The monoisotopic (exact) mass is 447 g/mol. The van der Waals surface area contributed by atoms with Crippen LogP contribution in [0.15, 0.2) is 28.5 Å². The van der Waals surface area contributed by atoms with E-state index in [9.17, 15) is 14.4 Å². The highest BCUT2D eigenvalue weighted by Gasteiger charge is 2.33. The average molecular weight is 448 g/mol. The molecule has 2 heterocycles. The third-order valence-electron chi connectivity index (χ3n) is 4.13. The van der Waals surface area contributed by atoms with E-state index in [1.807, 2.05) is 32.0 Å². The van der Waals surface area contributed by atoms with E-state index < -0.39 is 18.4 Å². The Hall–Kier alpha value is -2.56. The second-order valence-corrected chi connectivity index (χ2v) is 8.82. The van der Waals surface area contributed by atoms with E-state index in [1.54, 1.807) is 16.4 Å². The molecule has 0 unspecified atom stereocenters. The van der Waals surface area contributed by atoms with Gasteiger partial charge in [-0.15, -0.1) is 11.3 Å². The second kappa shape index (κ2) is 8.44. The molecule has 0 spiro atoms. The van der Waals surface area contributed by atoms with Crippen molar-refractivity contribution in [1.29, 1.82) is 0 Å². The maximum absolute atomic E-state index is 12.4. The molecule has 0 radical (unpaired) electrons. The zero-order valence-corrected chi connectivity index (χ0v) is 18.3. The van der Waals surface area contributed by atoms with Crippen LogP contribution in [0.25, 0.3) is 6.08 Å². The van der Waals surface area contributed by atoms with Gasteiger partial charge in [-0.05, 0) is 31.1 Å². The zero-order valence-electron chi connectivity index (χ0n) is 15.8. The molecule has 0 aliphatic carbocycles. The first kappa shape index (κ1) is 21.2. The highest BCUT2D eigenvalue weighted by atomic mass is 32.2. The summed E-state index contributed by atoms with van der Waals surface area (Å²) >= 11 is 7.41. The summed E-state index contributed by atoms with van der Waals surface area (Å²) in [6, 6.07) is 5.79. The maximum Gasteiger partial charge on any atom is 0.323 e. The van der Waals surface area contributed by atoms with Crippen molar-refractivity contribution < 1.29 is 19.5 Å². The fourth-order valence-corrected chi connectivity index (χ4v) is 4.97. The van der Waals surface area contributed by atoms with Crippen molar-refractivity contribution in [3.05, 3.63) is 45.3 Å². The number of nitrogens with zero attached hydrogens (tertiary/aromatic N) is 3. The van der Waals surface area contributed by atoms with Crippen molar-refractivity contribution in [2.75, 3.05) is 11.4 Å². The van der Waals surface area contributed by atoms with Gasteiger partial charge in [0.2, 0.25) is 5.91 Å². The van der Waals surface area contributed by atoms with E-state index in [1.165, 1.54) is 18.3 Å². The molecular formula is C19H17N3O4S3. The molecule has 150 valence electrons. The van der Waals surface area contributed by atoms with Crippen molar-refractivity contribution in [2.24, 2.45) is 0 Å². The van der Waals surface area contributed by atoms with Gasteiger partial charge in [-0.25, -0.2) is 4.98 Å². The van der Waals surface area contributed by atoms with Crippen molar-refractivity contribution in [3.63, 3.8) is 0 Å². The fourth-order valence-electron chi connectivity index (χ4n) is 2.90. The number of thiocarbonyl (C=S) groups is 1. The molecule has 1 N–H and O–H groups in total. The van der Waals surface area contributed by atoms with E-state index in [2.05, 4.69) is 4.98 Å². The number of benzene rings is 1. The van der Waals surface area contributed by atoms with Crippen LogP contribution in [0.4, 0.5) is 10.8 Å². The quantitative estimate of drug-likeness (QED) is 0.552. The minimum atomic E-state index is -1.14. The number of carboxylic acid groups (broad SMARTS) is 1. The van der Waals surface area contributed by atoms with Crippen LogP contribution < -0.4 is 4.90 Å². The minimum Gasteiger partial charge on any atom is -0.480 e. The average Bonchev–Trinajstić information content (AvgIpc) is 3.18. The normalized spacial score (nSPS) is 15.3. The van der Waals surface area contributed by atoms with Crippen LogP contribution in [0.5, 0.6) is 0 Å². The zero-order chi connectivity index (χ0) is 21.3. The smallest absolute Gasteiger partial charge is 0.323 e. The number of aryl methyl sites for hydroxylation is 2. The van der Waals surface area contributed by atoms with Crippen molar-refractivity contribution in [3.8, 4) is 0 Å². The number of carbonyl (C=O) groups is 3. The third-order valence-corrected chi connectivity index (χ3v) is 6.35. The van der Waals surface area contributed by atoms with Gasteiger partial charge in [0, 0.05) is 12.3 Å². The standard InChI is InChI=1S/C19H17N3O4S3/c1-10-5-4-6-11(2)16(10)22(12(3)23)18-20-13(9-28-18)7-14-17(26)21(8-15(24)25)19(27)29-14/h4-7,9H,8H2,1-3H3,(H,24,25)/b14-7-. The van der Waals surface area contributed by atoms with Gasteiger partial charge >= 0.3 is 5.97 Å². The summed E-state index contributed by atoms with van der Waals surface area (Å²) in [6.07, 6.45) is 1.56. The Kier molecular flexibility index (Phi) is 6.15. The number of thiazole rings is 1. The van der Waals surface area contributed by atoms with Gasteiger partial charge in [-0.2, -0.15) is 0 Å². The van der Waals surface area contributed by atoms with Crippen LogP contribution in [0.3, 0.4) is 0 Å². The molecule has 0 bridgehead atoms. The number of para-hydroxylation sites is 1. The number of amides is 2. The lowest BCUT2D eigenvalue weighted by Crippen LogP contribution is -2.33. The maximum atomic E-state index is 12.4. The summed E-state index contributed by atoms with van der Waals surface area (Å²) < 4.78 is 0.194. The number of rotatable bonds is 5. The molecule has 0 saturated carbocycles. The number of aliphatic carboxylic acids is 1. The molecule has 3 rings (SSSR count). The third kappa shape index (κ3) is 4.39. The number of anilines is 2. The Balaban J connectivity index is 1.93. The fraction of sp³-hybridized carbons (Fsp3) is 0.211. The van der Waals surface area contributed by atoms with E-state index in [-0.39, 0.29) is 10.2 Å². The Morgan fingerprint density at radius 1 is 1.31 bits per heavy atom. The summed E-state index contributed by atoms with van der Waals surface area (Å²) in [4.78, 5) is 43.1. The van der Waals surface area contributed by atoms with Gasteiger partial charge in [-0.1, -0.05) is 42.2 Å². The summed E-state index contributed by atoms with van der Waals surface area (Å²) in [5, 5.41) is 11.2. The first-order chi connectivity index (χ1) is 13.7. The molecule has 1 aliphatic heterocycles. The molecule has 1 aromatic carbocycles. The highest BCUT2D eigenvalue weighted by molar-refractivity contribution is 8.26. The summed E-state index contributed by atoms with van der Waals surface area (Å²) in [5.74, 6) is -1.77. The molecule has 7 nitrogen and oxygen atoms in total. The van der Waals surface area contributed by atoms with E-state index in [0.717, 1.165) is 33.5 Å². The summed E-state index contributed by atoms with van der Waals surface area (Å²) in [5.41, 5.74) is 3.19. The van der Waals surface area contributed by atoms with Gasteiger partial charge in [0.15, 0.2) is 5.13 Å². The lowest BCUT2D eigenvalue weighted by molar-refractivity contribution is -0.140. The number of thioether (sulfide) groups is 1. The van der Waals surface area contributed by atoms with Crippen LogP contribution in [-0.2, 0) is 14.4 Å². The molecule has 1 fully saturated rings. The number of hydrogen-bond acceptors (Lipinski definition) is 7. The van der Waals surface area contributed by atoms with Crippen LogP contribution >= 0.6 is 35.3 Å². The summed E-state index contributed by atoms with van der Waals surface area (Å²) in [6.45, 7) is 4.86. The van der Waals surface area contributed by atoms with Gasteiger partial charge < -0.3 is 5.11 Å². The van der Waals surface area contributed by atoms with Gasteiger partial charge in [0.25, 0.3) is 5.91 Å². The SMILES string of the molecule is CC(=O)N(c1nc(/C=C2\SC(=S)N(CC(=O)O)C2=O)cs1)c1c(C)cccc1C. The molecule has 10 heteroatoms. The van der Waals surface area contributed by atoms with Crippen LogP contribution in [0.1, 0.15) is 23.7 Å². The predicted molar refractivity (Wildman–Crippen MR) is 118 cm³/mol. The van der Waals surface area contributed by atoms with Crippen molar-refractivity contribution in [1.82, 2.24) is 9.88 Å². The van der Waals surface area contributed by atoms with Crippen LogP contribution in [0.2, 0.25) is 0 Å². The Morgan fingerprint density at radius 3 is 2.55 bits per heavy atom. The van der Waals surface area contributed by atoms with Gasteiger partial charge in [0.05, 0.1) is 16.3 Å². The number of aromatic nitrogens is 1. The van der Waals surface area contributed by atoms with Crippen molar-refractivity contribution in [2.45, 2.75) is 20.8 Å². The molecule has 1 aromatic heterocycles. The first-order valence-electron chi connectivity index (χ1n) is 8.48. The molecule has 2 aromatic rings. The Bertz CT molecular complexity index is 1040. The van der Waals surface area contributed by atoms with E-state index in [0.29, 0.717) is 15.7 Å². The molecular weight excluding hydrogens is 430 g/mol. The molecule has 0 atom stereocenters. The van der Waals surface area contributed by atoms with Crippen LogP contribution in [-0.4, -0.2) is 43.6 Å². The first-order valence-corrected chi connectivity index (χ1v) is 10.6. The highest BCUT2D eigenvalue weighted by Crippen LogP contribution is 2.36. The van der Waals surface area contributed by atoms with Crippen LogP contribution in [0, 0.1) is 13.8 Å². The summed E-state index contributed by atoms with van der Waals surface area (Å²) in [7, 11) is 0.